The van der Waals surface area contributed by atoms with Crippen LogP contribution in [0.4, 0.5) is 5.82 Å². The second kappa shape index (κ2) is 6.96. The Bertz CT molecular complexity index is 887. The topological polar surface area (TPSA) is 71.5 Å². The van der Waals surface area contributed by atoms with Crippen LogP contribution in [-0.2, 0) is 17.9 Å². The number of amides is 1. The van der Waals surface area contributed by atoms with Gasteiger partial charge in [0.2, 0.25) is 11.8 Å². The van der Waals surface area contributed by atoms with Gasteiger partial charge in [0.1, 0.15) is 5.82 Å². The molecule has 0 saturated carbocycles. The second-order valence-electron chi connectivity index (χ2n) is 7.10. The molecule has 1 saturated heterocycles. The van der Waals surface area contributed by atoms with Crippen molar-refractivity contribution in [3.63, 3.8) is 0 Å². The molecular weight excluding hydrogens is 366 g/mol. The van der Waals surface area contributed by atoms with E-state index in [1.54, 1.807) is 19.5 Å². The van der Waals surface area contributed by atoms with Gasteiger partial charge in [-0.2, -0.15) is 0 Å². The molecule has 1 atom stereocenters. The maximum Gasteiger partial charge on any atom is 0.232 e. The molecule has 0 N–H and O–H groups in total. The highest BCUT2D eigenvalue weighted by molar-refractivity contribution is 6.32. The number of anilines is 1. The van der Waals surface area contributed by atoms with Crippen LogP contribution in [0.25, 0.3) is 0 Å². The molecular formula is C19H22ClN5O2. The Morgan fingerprint density at radius 2 is 2.07 bits per heavy atom. The summed E-state index contributed by atoms with van der Waals surface area (Å²) in [5.74, 6) is 1.39. The molecule has 4 rings (SSSR count). The third kappa shape index (κ3) is 3.20. The maximum atomic E-state index is 13.1. The number of aromatic nitrogens is 3. The summed E-state index contributed by atoms with van der Waals surface area (Å²) in [6, 6.07) is 0. The molecule has 0 bridgehead atoms. The van der Waals surface area contributed by atoms with Gasteiger partial charge in [-0.3, -0.25) is 9.78 Å². The van der Waals surface area contributed by atoms with E-state index in [2.05, 4.69) is 19.9 Å². The summed E-state index contributed by atoms with van der Waals surface area (Å²) in [6.45, 7) is 6.51. The van der Waals surface area contributed by atoms with Crippen LogP contribution >= 0.6 is 11.6 Å². The Labute approximate surface area is 163 Å². The number of methoxy groups -OCH3 is 1. The summed E-state index contributed by atoms with van der Waals surface area (Å²) in [5, 5.41) is 0.702. The van der Waals surface area contributed by atoms with E-state index >= 15 is 0 Å². The Hall–Kier alpha value is -2.41. The summed E-state index contributed by atoms with van der Waals surface area (Å²) < 4.78 is 5.05. The zero-order valence-electron chi connectivity index (χ0n) is 15.7. The number of ether oxygens (including phenoxy) is 1. The lowest BCUT2D eigenvalue weighted by atomic mass is 10.1. The summed E-state index contributed by atoms with van der Waals surface area (Å²) in [4.78, 5) is 30.2. The zero-order valence-corrected chi connectivity index (χ0v) is 16.5. The molecule has 0 radical (unpaired) electrons. The van der Waals surface area contributed by atoms with Crippen molar-refractivity contribution < 1.29 is 9.53 Å². The van der Waals surface area contributed by atoms with Crippen molar-refractivity contribution >= 4 is 23.3 Å². The van der Waals surface area contributed by atoms with Crippen LogP contribution in [0.3, 0.4) is 0 Å². The van der Waals surface area contributed by atoms with E-state index in [-0.39, 0.29) is 11.8 Å². The first kappa shape index (κ1) is 18.0. The van der Waals surface area contributed by atoms with Gasteiger partial charge in [-0.25, -0.2) is 9.97 Å². The molecule has 1 fully saturated rings. The zero-order chi connectivity index (χ0) is 19.1. The van der Waals surface area contributed by atoms with Crippen LogP contribution in [-0.4, -0.2) is 46.0 Å². The molecule has 2 aliphatic heterocycles. The van der Waals surface area contributed by atoms with Crippen molar-refractivity contribution in [3.05, 3.63) is 39.9 Å². The Kier molecular flexibility index (Phi) is 4.63. The molecule has 142 valence electrons. The Morgan fingerprint density at radius 1 is 1.26 bits per heavy atom. The lowest BCUT2D eigenvalue weighted by Crippen LogP contribution is -2.34. The van der Waals surface area contributed by atoms with Crippen molar-refractivity contribution in [1.29, 1.82) is 0 Å². The number of hydrogen-bond donors (Lipinski definition) is 0. The van der Waals surface area contributed by atoms with E-state index in [0.717, 1.165) is 41.3 Å². The van der Waals surface area contributed by atoms with Gasteiger partial charge in [0.05, 0.1) is 48.4 Å². The molecule has 1 amide bonds. The number of pyridine rings is 1. The summed E-state index contributed by atoms with van der Waals surface area (Å²) in [5.41, 5.74) is 3.93. The van der Waals surface area contributed by atoms with Gasteiger partial charge in [-0.15, -0.1) is 0 Å². The average molecular weight is 388 g/mol. The number of fused-ring (bicyclic) bond motifs is 1. The fourth-order valence-electron chi connectivity index (χ4n) is 3.87. The number of halogens is 1. The van der Waals surface area contributed by atoms with E-state index < -0.39 is 0 Å². The van der Waals surface area contributed by atoms with Gasteiger partial charge < -0.3 is 14.5 Å². The predicted octanol–water partition coefficient (Wildman–Crippen LogP) is 2.52. The highest BCUT2D eigenvalue weighted by Crippen LogP contribution is 2.32. The third-order valence-electron chi connectivity index (χ3n) is 5.44. The standard InChI is InChI=1S/C19H22ClN5O2/c1-11-14-9-25(10-15(14)23-12(2)18(11)20)19(26)13-4-5-24(8-13)16-6-22-17(27-3)7-21-16/h6-7,13H,4-5,8-10H2,1-3H3/t13-/m1/s1. The monoisotopic (exact) mass is 387 g/mol. The van der Waals surface area contributed by atoms with Gasteiger partial charge in [-0.05, 0) is 31.4 Å². The van der Waals surface area contributed by atoms with Crippen LogP contribution in [0.5, 0.6) is 5.88 Å². The fourth-order valence-corrected chi connectivity index (χ4v) is 4.03. The lowest BCUT2D eigenvalue weighted by Gasteiger charge is -2.21. The van der Waals surface area contributed by atoms with Gasteiger partial charge in [-0.1, -0.05) is 11.6 Å². The maximum absolute atomic E-state index is 13.1. The van der Waals surface area contributed by atoms with Gasteiger partial charge >= 0.3 is 0 Å². The minimum atomic E-state index is -0.0416. The fraction of sp³-hybridized carbons (Fsp3) is 0.474. The lowest BCUT2D eigenvalue weighted by molar-refractivity contribution is -0.135. The van der Waals surface area contributed by atoms with Crippen LogP contribution < -0.4 is 9.64 Å². The molecule has 27 heavy (non-hydrogen) atoms. The second-order valence-corrected chi connectivity index (χ2v) is 7.48. The van der Waals surface area contributed by atoms with Crippen molar-refractivity contribution in [2.75, 3.05) is 25.1 Å². The molecule has 0 spiro atoms. The predicted molar refractivity (Wildman–Crippen MR) is 102 cm³/mol. The summed E-state index contributed by atoms with van der Waals surface area (Å²) in [6.07, 6.45) is 4.10. The molecule has 2 aliphatic rings. The first-order valence-corrected chi connectivity index (χ1v) is 9.40. The highest BCUT2D eigenvalue weighted by atomic mass is 35.5. The Balaban J connectivity index is 1.44. The van der Waals surface area contributed by atoms with E-state index in [9.17, 15) is 4.79 Å². The Morgan fingerprint density at radius 3 is 2.78 bits per heavy atom. The van der Waals surface area contributed by atoms with Crippen molar-refractivity contribution in [2.24, 2.45) is 5.92 Å². The van der Waals surface area contributed by atoms with Crippen LogP contribution in [0, 0.1) is 19.8 Å². The molecule has 0 aliphatic carbocycles. The minimum absolute atomic E-state index is 0.0416. The number of carbonyl (C=O) groups is 1. The SMILES string of the molecule is COc1cnc(N2CC[C@@H](C(=O)N3Cc4nc(C)c(Cl)c(C)c4C3)C2)cn1. The number of carbonyl (C=O) groups excluding carboxylic acids is 1. The quantitative estimate of drug-likeness (QED) is 0.805. The average Bonchev–Trinajstić information content (AvgIpc) is 3.33. The van der Waals surface area contributed by atoms with Gasteiger partial charge in [0.25, 0.3) is 0 Å². The van der Waals surface area contributed by atoms with E-state index in [1.807, 2.05) is 18.7 Å². The number of rotatable bonds is 3. The van der Waals surface area contributed by atoms with Crippen molar-refractivity contribution in [1.82, 2.24) is 19.9 Å². The smallest absolute Gasteiger partial charge is 0.232 e. The van der Waals surface area contributed by atoms with Crippen molar-refractivity contribution in [2.45, 2.75) is 33.4 Å². The molecule has 0 aromatic carbocycles. The summed E-state index contributed by atoms with van der Waals surface area (Å²) >= 11 is 6.33. The highest BCUT2D eigenvalue weighted by Gasteiger charge is 2.35. The molecule has 7 nitrogen and oxygen atoms in total. The van der Waals surface area contributed by atoms with Crippen LogP contribution in [0.2, 0.25) is 5.02 Å². The van der Waals surface area contributed by atoms with Crippen LogP contribution in [0.15, 0.2) is 12.4 Å². The normalized spacial score (nSPS) is 18.7. The van der Waals surface area contributed by atoms with E-state index in [0.29, 0.717) is 30.5 Å². The first-order chi connectivity index (χ1) is 13.0. The number of aryl methyl sites for hydroxylation is 1. The largest absolute Gasteiger partial charge is 0.480 e. The summed E-state index contributed by atoms with van der Waals surface area (Å²) in [7, 11) is 1.56. The molecule has 8 heteroatoms. The molecule has 4 heterocycles. The van der Waals surface area contributed by atoms with Gasteiger partial charge in [0, 0.05) is 19.6 Å². The molecule has 0 unspecified atom stereocenters. The third-order valence-corrected chi connectivity index (χ3v) is 5.99. The number of nitrogens with zero attached hydrogens (tertiary/aromatic N) is 5. The van der Waals surface area contributed by atoms with E-state index in [4.69, 9.17) is 16.3 Å². The van der Waals surface area contributed by atoms with Crippen molar-refractivity contribution in [3.8, 4) is 5.88 Å². The first-order valence-electron chi connectivity index (χ1n) is 9.02. The number of hydrogen-bond acceptors (Lipinski definition) is 6. The molecule has 2 aromatic heterocycles. The minimum Gasteiger partial charge on any atom is -0.480 e. The van der Waals surface area contributed by atoms with Crippen LogP contribution in [0.1, 0.15) is 28.9 Å². The molecule has 2 aromatic rings. The van der Waals surface area contributed by atoms with E-state index in [1.165, 1.54) is 0 Å². The van der Waals surface area contributed by atoms with Gasteiger partial charge in [0.15, 0.2) is 0 Å².